The van der Waals surface area contributed by atoms with Gasteiger partial charge in [-0.05, 0) is 56.2 Å². The van der Waals surface area contributed by atoms with E-state index in [1.807, 2.05) is 38.1 Å². The first kappa shape index (κ1) is 23.6. The van der Waals surface area contributed by atoms with Gasteiger partial charge in [0.1, 0.15) is 5.82 Å². The highest BCUT2D eigenvalue weighted by molar-refractivity contribution is 7.89. The summed E-state index contributed by atoms with van der Waals surface area (Å²) in [6, 6.07) is 19.5. The van der Waals surface area contributed by atoms with Crippen LogP contribution in [0.2, 0.25) is 0 Å². The molecule has 3 rings (SSSR count). The zero-order valence-corrected chi connectivity index (χ0v) is 19.2. The zero-order chi connectivity index (χ0) is 23.3. The maximum absolute atomic E-state index is 13.3. The number of aryl methyl sites for hydroxylation is 2. The fourth-order valence-corrected chi connectivity index (χ4v) is 4.65. The molecule has 0 saturated carbocycles. The molecule has 0 fully saturated rings. The number of carbonyl (C=O) groups is 1. The SMILES string of the molecule is Cc1ccc(CN(CC(=O)NC(C)c2ccc(F)cc2)S(=O)(=O)c2ccc(C)cc2)cc1. The van der Waals surface area contributed by atoms with Crippen molar-refractivity contribution in [3.05, 3.63) is 101 Å². The minimum absolute atomic E-state index is 0.0643. The smallest absolute Gasteiger partial charge is 0.243 e. The summed E-state index contributed by atoms with van der Waals surface area (Å²) in [6.45, 7) is 5.33. The number of halogens is 1. The van der Waals surface area contributed by atoms with E-state index >= 15 is 0 Å². The summed E-state index contributed by atoms with van der Waals surface area (Å²) in [5, 5.41) is 2.81. The lowest BCUT2D eigenvalue weighted by Crippen LogP contribution is -2.41. The molecule has 0 bridgehead atoms. The van der Waals surface area contributed by atoms with Crippen molar-refractivity contribution < 1.29 is 17.6 Å². The summed E-state index contributed by atoms with van der Waals surface area (Å²) in [4.78, 5) is 12.9. The fraction of sp³-hybridized carbons (Fsp3) is 0.240. The fourth-order valence-electron chi connectivity index (χ4n) is 3.26. The molecule has 0 aliphatic rings. The van der Waals surface area contributed by atoms with Crippen LogP contribution in [0.25, 0.3) is 0 Å². The molecule has 5 nitrogen and oxygen atoms in total. The molecule has 0 spiro atoms. The maximum atomic E-state index is 13.3. The summed E-state index contributed by atoms with van der Waals surface area (Å²) < 4.78 is 41.0. The van der Waals surface area contributed by atoms with Crippen LogP contribution in [-0.4, -0.2) is 25.2 Å². The van der Waals surface area contributed by atoms with Crippen molar-refractivity contribution in [1.29, 1.82) is 0 Å². The minimum atomic E-state index is -3.90. The summed E-state index contributed by atoms with van der Waals surface area (Å²) in [5.74, 6) is -0.801. The summed E-state index contributed by atoms with van der Waals surface area (Å²) in [7, 11) is -3.90. The number of nitrogens with one attached hydrogen (secondary N) is 1. The summed E-state index contributed by atoms with van der Waals surface area (Å²) in [5.41, 5.74) is 3.52. The van der Waals surface area contributed by atoms with Crippen LogP contribution in [0.4, 0.5) is 4.39 Å². The molecule has 1 N–H and O–H groups in total. The molecule has 1 unspecified atom stereocenters. The van der Waals surface area contributed by atoms with Gasteiger partial charge >= 0.3 is 0 Å². The van der Waals surface area contributed by atoms with Crippen LogP contribution in [0, 0.1) is 19.7 Å². The molecule has 3 aromatic rings. The number of sulfonamides is 1. The van der Waals surface area contributed by atoms with Gasteiger partial charge in [-0.1, -0.05) is 59.7 Å². The Morgan fingerprint density at radius 2 is 1.44 bits per heavy atom. The highest BCUT2D eigenvalue weighted by Gasteiger charge is 2.27. The Morgan fingerprint density at radius 1 is 0.906 bits per heavy atom. The molecule has 168 valence electrons. The third-order valence-corrected chi connectivity index (χ3v) is 7.01. The number of hydrogen-bond donors (Lipinski definition) is 1. The minimum Gasteiger partial charge on any atom is -0.348 e. The lowest BCUT2D eigenvalue weighted by Gasteiger charge is -2.23. The standard InChI is InChI=1S/C25H27FN2O3S/c1-18-4-8-21(9-5-18)16-28(32(30,31)24-14-6-19(2)7-15-24)17-25(29)27-20(3)22-10-12-23(26)13-11-22/h4-15,20H,16-17H2,1-3H3,(H,27,29). The monoisotopic (exact) mass is 454 g/mol. The maximum Gasteiger partial charge on any atom is 0.243 e. The van der Waals surface area contributed by atoms with Crippen LogP contribution in [0.3, 0.4) is 0 Å². The van der Waals surface area contributed by atoms with E-state index in [1.54, 1.807) is 43.3 Å². The first-order valence-corrected chi connectivity index (χ1v) is 11.8. The molecule has 0 aliphatic heterocycles. The first-order valence-electron chi connectivity index (χ1n) is 10.3. The van der Waals surface area contributed by atoms with Crippen LogP contribution in [-0.2, 0) is 21.4 Å². The Balaban J connectivity index is 1.82. The molecule has 0 saturated heterocycles. The molecule has 1 atom stereocenters. The number of carbonyl (C=O) groups excluding carboxylic acids is 1. The van der Waals surface area contributed by atoms with Crippen molar-refractivity contribution >= 4 is 15.9 Å². The van der Waals surface area contributed by atoms with E-state index in [0.29, 0.717) is 0 Å². The van der Waals surface area contributed by atoms with E-state index in [1.165, 1.54) is 16.4 Å². The third kappa shape index (κ3) is 6.02. The third-order valence-electron chi connectivity index (χ3n) is 5.21. The van der Waals surface area contributed by atoms with Crippen LogP contribution in [0.15, 0.2) is 77.7 Å². The quantitative estimate of drug-likeness (QED) is 0.545. The second-order valence-corrected chi connectivity index (χ2v) is 9.85. The molecule has 0 heterocycles. The zero-order valence-electron chi connectivity index (χ0n) is 18.4. The molecule has 7 heteroatoms. The average Bonchev–Trinajstić information content (AvgIpc) is 2.75. The van der Waals surface area contributed by atoms with Crippen molar-refractivity contribution in [3.8, 4) is 0 Å². The van der Waals surface area contributed by atoms with Gasteiger partial charge < -0.3 is 5.32 Å². The van der Waals surface area contributed by atoms with Crippen molar-refractivity contribution in [2.75, 3.05) is 6.54 Å². The summed E-state index contributed by atoms with van der Waals surface area (Å²) >= 11 is 0. The normalized spacial score (nSPS) is 12.5. The van der Waals surface area contributed by atoms with E-state index in [-0.39, 0.29) is 23.8 Å². The Labute approximate surface area is 188 Å². The summed E-state index contributed by atoms with van der Waals surface area (Å²) in [6.07, 6.45) is 0. The van der Waals surface area contributed by atoms with Crippen molar-refractivity contribution in [2.24, 2.45) is 0 Å². The Kier molecular flexibility index (Phi) is 7.43. The van der Waals surface area contributed by atoms with Gasteiger partial charge in [-0.2, -0.15) is 4.31 Å². The molecule has 0 aliphatic carbocycles. The molecule has 3 aromatic carbocycles. The van der Waals surface area contributed by atoms with Gasteiger partial charge in [-0.25, -0.2) is 12.8 Å². The molecular weight excluding hydrogens is 427 g/mol. The van der Waals surface area contributed by atoms with Crippen LogP contribution in [0.1, 0.15) is 35.2 Å². The Bertz CT molecular complexity index is 1160. The highest BCUT2D eigenvalue weighted by atomic mass is 32.2. The number of rotatable bonds is 8. The molecule has 0 aromatic heterocycles. The van der Waals surface area contributed by atoms with Gasteiger partial charge in [0.05, 0.1) is 17.5 Å². The van der Waals surface area contributed by atoms with Gasteiger partial charge in [-0.15, -0.1) is 0 Å². The van der Waals surface area contributed by atoms with Gasteiger partial charge in [0.2, 0.25) is 15.9 Å². The highest BCUT2D eigenvalue weighted by Crippen LogP contribution is 2.20. The second-order valence-electron chi connectivity index (χ2n) is 7.91. The number of benzene rings is 3. The van der Waals surface area contributed by atoms with Crippen LogP contribution >= 0.6 is 0 Å². The van der Waals surface area contributed by atoms with Crippen LogP contribution in [0.5, 0.6) is 0 Å². The van der Waals surface area contributed by atoms with Gasteiger partial charge in [0, 0.05) is 6.54 Å². The number of nitrogens with zero attached hydrogens (tertiary/aromatic N) is 1. The van der Waals surface area contributed by atoms with Crippen molar-refractivity contribution in [1.82, 2.24) is 9.62 Å². The van der Waals surface area contributed by atoms with Crippen LogP contribution < -0.4 is 5.32 Å². The Morgan fingerprint density at radius 3 is 2.00 bits per heavy atom. The first-order chi connectivity index (χ1) is 15.1. The number of hydrogen-bond acceptors (Lipinski definition) is 3. The largest absolute Gasteiger partial charge is 0.348 e. The van der Waals surface area contributed by atoms with Crippen molar-refractivity contribution in [2.45, 2.75) is 38.3 Å². The second kappa shape index (κ2) is 10.1. The van der Waals surface area contributed by atoms with E-state index in [9.17, 15) is 17.6 Å². The van der Waals surface area contributed by atoms with Crippen molar-refractivity contribution in [3.63, 3.8) is 0 Å². The lowest BCUT2D eigenvalue weighted by atomic mass is 10.1. The molecule has 0 radical (unpaired) electrons. The molecule has 1 amide bonds. The van der Waals surface area contributed by atoms with Gasteiger partial charge in [-0.3, -0.25) is 4.79 Å². The lowest BCUT2D eigenvalue weighted by molar-refractivity contribution is -0.122. The Hall–Kier alpha value is -3.03. The van der Waals surface area contributed by atoms with E-state index in [4.69, 9.17) is 0 Å². The predicted molar refractivity (Wildman–Crippen MR) is 123 cm³/mol. The average molecular weight is 455 g/mol. The van der Waals surface area contributed by atoms with E-state index < -0.39 is 22.0 Å². The predicted octanol–water partition coefficient (Wildman–Crippen LogP) is 4.51. The topological polar surface area (TPSA) is 66.5 Å². The van der Waals surface area contributed by atoms with Gasteiger partial charge in [0.15, 0.2) is 0 Å². The number of amides is 1. The van der Waals surface area contributed by atoms with E-state index in [0.717, 1.165) is 22.3 Å². The van der Waals surface area contributed by atoms with E-state index in [2.05, 4.69) is 5.32 Å². The molecule has 32 heavy (non-hydrogen) atoms. The van der Waals surface area contributed by atoms with Gasteiger partial charge in [0.25, 0.3) is 0 Å². The molecular formula is C25H27FN2O3S.